The van der Waals surface area contributed by atoms with Crippen molar-refractivity contribution in [3.8, 4) is 0 Å². The minimum absolute atomic E-state index is 0.295. The number of hydrogen-bond donors (Lipinski definition) is 2. The molecule has 0 aliphatic heterocycles. The van der Waals surface area contributed by atoms with Gasteiger partial charge in [-0.1, -0.05) is 26.0 Å². The van der Waals surface area contributed by atoms with Gasteiger partial charge in [-0.15, -0.1) is 0 Å². The van der Waals surface area contributed by atoms with Crippen molar-refractivity contribution < 1.29 is 8.42 Å². The van der Waals surface area contributed by atoms with E-state index >= 15 is 0 Å². The molecule has 0 radical (unpaired) electrons. The minimum Gasteiger partial charge on any atom is -0.356 e. The van der Waals surface area contributed by atoms with E-state index in [-0.39, 0.29) is 0 Å². The molecule has 124 valence electrons. The zero-order valence-electron chi connectivity index (χ0n) is 13.9. The standard InChI is InChI=1S/C15H26N4O2S/c1-12(2)10-17-15(16-3)18-11-13-6-8-14(9-7-13)22(20,21)19(4)5/h6-9,12H,10-11H2,1-5H3,(H2,16,17,18). The first-order valence-corrected chi connectivity index (χ1v) is 8.67. The van der Waals surface area contributed by atoms with Crippen molar-refractivity contribution in [1.82, 2.24) is 14.9 Å². The zero-order chi connectivity index (χ0) is 16.8. The first-order chi connectivity index (χ1) is 10.3. The average Bonchev–Trinajstić information content (AvgIpc) is 2.47. The normalized spacial score (nSPS) is 12.8. The molecule has 0 saturated heterocycles. The van der Waals surface area contributed by atoms with Crippen molar-refractivity contribution in [3.05, 3.63) is 29.8 Å². The molecule has 1 rings (SSSR count). The highest BCUT2D eigenvalue weighted by atomic mass is 32.2. The second kappa shape index (κ2) is 8.14. The van der Waals surface area contributed by atoms with Crippen molar-refractivity contribution in [2.45, 2.75) is 25.3 Å². The summed E-state index contributed by atoms with van der Waals surface area (Å²) < 4.78 is 25.2. The van der Waals surface area contributed by atoms with Gasteiger partial charge >= 0.3 is 0 Å². The van der Waals surface area contributed by atoms with Gasteiger partial charge in [-0.3, -0.25) is 4.99 Å². The molecule has 0 atom stereocenters. The van der Waals surface area contributed by atoms with Gasteiger partial charge < -0.3 is 10.6 Å². The molecule has 1 aromatic rings. The summed E-state index contributed by atoms with van der Waals surface area (Å²) in [5.41, 5.74) is 0.991. The van der Waals surface area contributed by atoms with Gasteiger partial charge in [0.15, 0.2) is 5.96 Å². The van der Waals surface area contributed by atoms with E-state index in [9.17, 15) is 8.42 Å². The van der Waals surface area contributed by atoms with Gasteiger partial charge in [0.2, 0.25) is 10.0 Å². The molecular formula is C15H26N4O2S. The summed E-state index contributed by atoms with van der Waals surface area (Å²) in [6.07, 6.45) is 0. The first-order valence-electron chi connectivity index (χ1n) is 7.23. The van der Waals surface area contributed by atoms with Crippen molar-refractivity contribution in [3.63, 3.8) is 0 Å². The Hall–Kier alpha value is -1.60. The summed E-state index contributed by atoms with van der Waals surface area (Å²) in [5.74, 6) is 1.27. The first kappa shape index (κ1) is 18.4. The average molecular weight is 326 g/mol. The fourth-order valence-electron chi connectivity index (χ4n) is 1.70. The van der Waals surface area contributed by atoms with Crippen LogP contribution in [0.25, 0.3) is 0 Å². The molecule has 22 heavy (non-hydrogen) atoms. The Morgan fingerprint density at radius 1 is 1.18 bits per heavy atom. The van der Waals surface area contributed by atoms with E-state index in [4.69, 9.17) is 0 Å². The van der Waals surface area contributed by atoms with Gasteiger partial charge in [-0.2, -0.15) is 0 Å². The number of nitrogens with zero attached hydrogens (tertiary/aromatic N) is 2. The molecule has 2 N–H and O–H groups in total. The highest BCUT2D eigenvalue weighted by Crippen LogP contribution is 2.13. The minimum atomic E-state index is -3.37. The molecule has 7 heteroatoms. The van der Waals surface area contributed by atoms with E-state index in [1.165, 1.54) is 18.4 Å². The quantitative estimate of drug-likeness (QED) is 0.610. The van der Waals surface area contributed by atoms with Gasteiger partial charge in [0.05, 0.1) is 4.90 Å². The summed E-state index contributed by atoms with van der Waals surface area (Å²) in [6.45, 7) is 5.69. The third kappa shape index (κ3) is 5.31. The molecule has 1 aromatic carbocycles. The molecular weight excluding hydrogens is 300 g/mol. The lowest BCUT2D eigenvalue weighted by Gasteiger charge is -2.14. The van der Waals surface area contributed by atoms with Gasteiger partial charge in [0, 0.05) is 34.2 Å². The monoisotopic (exact) mass is 326 g/mol. The van der Waals surface area contributed by atoms with Crippen LogP contribution in [0.1, 0.15) is 19.4 Å². The third-order valence-electron chi connectivity index (χ3n) is 3.06. The molecule has 0 unspecified atom stereocenters. The predicted molar refractivity (Wildman–Crippen MR) is 90.4 cm³/mol. The maximum absolute atomic E-state index is 12.0. The third-order valence-corrected chi connectivity index (χ3v) is 4.89. The second-order valence-electron chi connectivity index (χ2n) is 5.63. The fourth-order valence-corrected chi connectivity index (χ4v) is 2.60. The number of sulfonamides is 1. The van der Waals surface area contributed by atoms with Crippen molar-refractivity contribution in [2.75, 3.05) is 27.7 Å². The Morgan fingerprint density at radius 2 is 1.77 bits per heavy atom. The SMILES string of the molecule is CN=C(NCc1ccc(S(=O)(=O)N(C)C)cc1)NCC(C)C. The largest absolute Gasteiger partial charge is 0.356 e. The summed E-state index contributed by atoms with van der Waals surface area (Å²) in [4.78, 5) is 4.44. The zero-order valence-corrected chi connectivity index (χ0v) is 14.7. The summed E-state index contributed by atoms with van der Waals surface area (Å²) in [7, 11) is 1.40. The number of aliphatic imine (C=N–C) groups is 1. The van der Waals surface area contributed by atoms with E-state index in [0.717, 1.165) is 18.1 Å². The van der Waals surface area contributed by atoms with Crippen LogP contribution in [0, 0.1) is 5.92 Å². The summed E-state index contributed by atoms with van der Waals surface area (Å²) in [5, 5.41) is 6.43. The summed E-state index contributed by atoms with van der Waals surface area (Å²) >= 11 is 0. The number of rotatable bonds is 6. The number of nitrogens with one attached hydrogen (secondary N) is 2. The van der Waals surface area contributed by atoms with E-state index in [2.05, 4.69) is 29.5 Å². The predicted octanol–water partition coefficient (Wildman–Crippen LogP) is 1.26. The molecule has 0 saturated carbocycles. The molecule has 6 nitrogen and oxygen atoms in total. The van der Waals surface area contributed by atoms with E-state index in [0.29, 0.717) is 17.4 Å². The smallest absolute Gasteiger partial charge is 0.242 e. The Balaban J connectivity index is 2.65. The molecule has 0 aromatic heterocycles. The van der Waals surface area contributed by atoms with E-state index in [1.54, 1.807) is 31.3 Å². The van der Waals surface area contributed by atoms with Crippen LogP contribution < -0.4 is 10.6 Å². The molecule has 0 fully saturated rings. The van der Waals surface area contributed by atoms with E-state index in [1.807, 2.05) is 0 Å². The molecule has 0 spiro atoms. The molecule has 0 heterocycles. The maximum Gasteiger partial charge on any atom is 0.242 e. The van der Waals surface area contributed by atoms with Crippen LogP contribution in [-0.4, -0.2) is 46.4 Å². The molecule has 0 amide bonds. The Bertz CT molecular complexity index is 592. The van der Waals surface area contributed by atoms with Crippen molar-refractivity contribution >= 4 is 16.0 Å². The lowest BCUT2D eigenvalue weighted by atomic mass is 10.2. The lowest BCUT2D eigenvalue weighted by molar-refractivity contribution is 0.520. The molecule has 0 bridgehead atoms. The highest BCUT2D eigenvalue weighted by molar-refractivity contribution is 7.89. The van der Waals surface area contributed by atoms with Crippen molar-refractivity contribution in [2.24, 2.45) is 10.9 Å². The van der Waals surface area contributed by atoms with Gasteiger partial charge in [0.1, 0.15) is 0 Å². The van der Waals surface area contributed by atoms with Crippen LogP contribution in [0.2, 0.25) is 0 Å². The maximum atomic E-state index is 12.0. The van der Waals surface area contributed by atoms with Crippen LogP contribution in [-0.2, 0) is 16.6 Å². The van der Waals surface area contributed by atoms with Crippen LogP contribution >= 0.6 is 0 Å². The number of guanidine groups is 1. The Kier molecular flexibility index (Phi) is 6.83. The van der Waals surface area contributed by atoms with Gasteiger partial charge in [0.25, 0.3) is 0 Å². The van der Waals surface area contributed by atoms with Crippen LogP contribution in [0.15, 0.2) is 34.2 Å². The topological polar surface area (TPSA) is 73.8 Å². The second-order valence-corrected chi connectivity index (χ2v) is 7.78. The van der Waals surface area contributed by atoms with E-state index < -0.39 is 10.0 Å². The Labute approximate surface area is 133 Å². The van der Waals surface area contributed by atoms with Crippen LogP contribution in [0.4, 0.5) is 0 Å². The van der Waals surface area contributed by atoms with Gasteiger partial charge in [-0.25, -0.2) is 12.7 Å². The summed E-state index contributed by atoms with van der Waals surface area (Å²) in [6, 6.07) is 6.85. The highest BCUT2D eigenvalue weighted by Gasteiger charge is 2.16. The van der Waals surface area contributed by atoms with Crippen molar-refractivity contribution in [1.29, 1.82) is 0 Å². The van der Waals surface area contributed by atoms with Crippen LogP contribution in [0.5, 0.6) is 0 Å². The molecule has 0 aliphatic rings. The van der Waals surface area contributed by atoms with Gasteiger partial charge in [-0.05, 0) is 23.6 Å². The fraction of sp³-hybridized carbons (Fsp3) is 0.533. The molecule has 0 aliphatic carbocycles. The number of hydrogen-bond acceptors (Lipinski definition) is 3. The Morgan fingerprint density at radius 3 is 2.23 bits per heavy atom. The van der Waals surface area contributed by atoms with Crippen LogP contribution in [0.3, 0.4) is 0 Å². The number of benzene rings is 1. The lowest BCUT2D eigenvalue weighted by Crippen LogP contribution is -2.38.